The Morgan fingerprint density at radius 1 is 1.30 bits per heavy atom. The fraction of sp³-hybridized carbons (Fsp3) is 0.538. The zero-order valence-electron chi connectivity index (χ0n) is 12.0. The third-order valence-electron chi connectivity index (χ3n) is 3.30. The first-order valence-electron chi connectivity index (χ1n) is 6.57. The van der Waals surface area contributed by atoms with Crippen LogP contribution in [0.15, 0.2) is 23.1 Å². The summed E-state index contributed by atoms with van der Waals surface area (Å²) in [5.41, 5.74) is 6.93. The second-order valence-electron chi connectivity index (χ2n) is 5.10. The van der Waals surface area contributed by atoms with E-state index in [1.165, 1.54) is 13.1 Å². The molecule has 1 saturated heterocycles. The minimum absolute atomic E-state index is 0.256. The molecule has 7 heteroatoms. The lowest BCUT2D eigenvalue weighted by molar-refractivity contribution is 0.587. The number of nitrogens with two attached hydrogens (primary N) is 1. The lowest BCUT2D eigenvalue weighted by Gasteiger charge is -2.37. The molecule has 20 heavy (non-hydrogen) atoms. The summed E-state index contributed by atoms with van der Waals surface area (Å²) >= 11 is 1.93. The maximum atomic E-state index is 12.2. The molecule has 112 valence electrons. The number of nitrogen functional groups attached to an aromatic ring is 1. The number of benzene rings is 1. The van der Waals surface area contributed by atoms with E-state index in [1.807, 2.05) is 11.8 Å². The molecule has 0 spiro atoms. The summed E-state index contributed by atoms with van der Waals surface area (Å²) in [6, 6.07) is 5.08. The molecule has 0 bridgehead atoms. The van der Waals surface area contributed by atoms with Crippen molar-refractivity contribution < 1.29 is 8.42 Å². The fourth-order valence-corrected chi connectivity index (χ4v) is 4.80. The summed E-state index contributed by atoms with van der Waals surface area (Å²) in [6.07, 6.45) is 0. The van der Waals surface area contributed by atoms with Gasteiger partial charge in [-0.3, -0.25) is 0 Å². The Morgan fingerprint density at radius 2 is 1.90 bits per heavy atom. The monoisotopic (exact) mass is 315 g/mol. The molecule has 1 aliphatic rings. The Labute approximate surface area is 125 Å². The van der Waals surface area contributed by atoms with Gasteiger partial charge >= 0.3 is 0 Å². The molecule has 1 fully saturated rings. The van der Waals surface area contributed by atoms with Gasteiger partial charge < -0.3 is 10.6 Å². The molecule has 1 heterocycles. The van der Waals surface area contributed by atoms with E-state index in [9.17, 15) is 8.42 Å². The number of sulfonamides is 1. The van der Waals surface area contributed by atoms with Gasteiger partial charge in [-0.15, -0.1) is 0 Å². The van der Waals surface area contributed by atoms with E-state index in [-0.39, 0.29) is 4.90 Å². The first-order chi connectivity index (χ1) is 9.33. The van der Waals surface area contributed by atoms with Crippen LogP contribution in [0.3, 0.4) is 0 Å². The number of nitrogens with one attached hydrogen (secondary N) is 1. The van der Waals surface area contributed by atoms with Crippen molar-refractivity contribution in [3.8, 4) is 0 Å². The minimum Gasteiger partial charge on any atom is -0.399 e. The highest BCUT2D eigenvalue weighted by atomic mass is 32.2. The molecule has 2 rings (SSSR count). The Hall–Kier alpha value is -0.920. The molecule has 5 nitrogen and oxygen atoms in total. The Bertz CT molecular complexity index is 579. The second kappa shape index (κ2) is 5.83. The average molecular weight is 315 g/mol. The molecule has 0 amide bonds. The van der Waals surface area contributed by atoms with Gasteiger partial charge in [-0.05, 0) is 25.2 Å². The van der Waals surface area contributed by atoms with Crippen LogP contribution in [0.4, 0.5) is 11.4 Å². The van der Waals surface area contributed by atoms with Gasteiger partial charge in [0.2, 0.25) is 10.0 Å². The van der Waals surface area contributed by atoms with Crippen molar-refractivity contribution >= 4 is 33.2 Å². The van der Waals surface area contributed by atoms with Gasteiger partial charge in [0.05, 0.1) is 5.69 Å². The molecule has 2 atom stereocenters. The number of thioether (sulfide) groups is 1. The zero-order valence-corrected chi connectivity index (χ0v) is 13.6. The van der Waals surface area contributed by atoms with Crippen LogP contribution in [-0.4, -0.2) is 39.1 Å². The average Bonchev–Trinajstić information content (AvgIpc) is 2.37. The van der Waals surface area contributed by atoms with Gasteiger partial charge in [-0.1, -0.05) is 13.8 Å². The molecule has 0 aromatic heterocycles. The normalized spacial score (nSPS) is 23.9. The lowest BCUT2D eigenvalue weighted by Crippen LogP contribution is -2.41. The third kappa shape index (κ3) is 3.21. The molecule has 0 saturated carbocycles. The van der Waals surface area contributed by atoms with Crippen LogP contribution in [0, 0.1) is 0 Å². The van der Waals surface area contributed by atoms with Crippen LogP contribution in [0.2, 0.25) is 0 Å². The van der Waals surface area contributed by atoms with Crippen LogP contribution in [0.5, 0.6) is 0 Å². The topological polar surface area (TPSA) is 75.4 Å². The van der Waals surface area contributed by atoms with Gasteiger partial charge in [-0.2, -0.15) is 11.8 Å². The maximum Gasteiger partial charge on any atom is 0.242 e. The Balaban J connectivity index is 2.46. The molecule has 1 aromatic rings. The van der Waals surface area contributed by atoms with Crippen LogP contribution >= 0.6 is 11.8 Å². The van der Waals surface area contributed by atoms with E-state index < -0.39 is 10.0 Å². The summed E-state index contributed by atoms with van der Waals surface area (Å²) in [5.74, 6) is 0. The van der Waals surface area contributed by atoms with E-state index >= 15 is 0 Å². The summed E-state index contributed by atoms with van der Waals surface area (Å²) in [5, 5.41) is 0.947. The van der Waals surface area contributed by atoms with E-state index in [0.717, 1.165) is 18.8 Å². The van der Waals surface area contributed by atoms with Gasteiger partial charge in [-0.25, -0.2) is 13.1 Å². The van der Waals surface area contributed by atoms with Crippen molar-refractivity contribution in [3.63, 3.8) is 0 Å². The van der Waals surface area contributed by atoms with Crippen molar-refractivity contribution in [1.29, 1.82) is 0 Å². The summed E-state index contributed by atoms with van der Waals surface area (Å²) in [6.45, 7) is 6.00. The highest BCUT2D eigenvalue weighted by molar-refractivity contribution is 8.00. The summed E-state index contributed by atoms with van der Waals surface area (Å²) in [7, 11) is -2.10. The smallest absolute Gasteiger partial charge is 0.242 e. The Morgan fingerprint density at radius 3 is 2.45 bits per heavy atom. The van der Waals surface area contributed by atoms with Gasteiger partial charge in [0.25, 0.3) is 0 Å². The molecule has 0 aliphatic carbocycles. The predicted octanol–water partition coefficient (Wildman–Crippen LogP) is 1.51. The molecule has 2 unspecified atom stereocenters. The van der Waals surface area contributed by atoms with Crippen molar-refractivity contribution in [2.45, 2.75) is 29.2 Å². The van der Waals surface area contributed by atoms with Crippen LogP contribution in [-0.2, 0) is 10.0 Å². The Kier molecular flexibility index (Phi) is 4.51. The molecular weight excluding hydrogens is 294 g/mol. The van der Waals surface area contributed by atoms with Crippen LogP contribution in [0.25, 0.3) is 0 Å². The molecular formula is C13H21N3O2S2. The van der Waals surface area contributed by atoms with Crippen molar-refractivity contribution in [2.24, 2.45) is 0 Å². The van der Waals surface area contributed by atoms with E-state index in [0.29, 0.717) is 16.2 Å². The lowest BCUT2D eigenvalue weighted by atomic mass is 10.2. The summed E-state index contributed by atoms with van der Waals surface area (Å²) < 4.78 is 26.7. The zero-order chi connectivity index (χ0) is 14.9. The highest BCUT2D eigenvalue weighted by Crippen LogP contribution is 2.33. The van der Waals surface area contributed by atoms with Crippen LogP contribution < -0.4 is 15.4 Å². The van der Waals surface area contributed by atoms with Crippen molar-refractivity contribution in [3.05, 3.63) is 18.2 Å². The van der Waals surface area contributed by atoms with Crippen LogP contribution in [0.1, 0.15) is 13.8 Å². The van der Waals surface area contributed by atoms with Crippen molar-refractivity contribution in [2.75, 3.05) is 30.8 Å². The molecule has 3 N–H and O–H groups in total. The maximum absolute atomic E-state index is 12.2. The number of nitrogens with zero attached hydrogens (tertiary/aromatic N) is 1. The molecule has 1 aromatic carbocycles. The number of anilines is 2. The van der Waals surface area contributed by atoms with E-state index in [1.54, 1.807) is 12.1 Å². The summed E-state index contributed by atoms with van der Waals surface area (Å²) in [4.78, 5) is 2.39. The largest absolute Gasteiger partial charge is 0.399 e. The number of hydrogen-bond donors (Lipinski definition) is 2. The number of hydrogen-bond acceptors (Lipinski definition) is 5. The first kappa shape index (κ1) is 15.5. The standard InChI is InChI=1S/C13H21N3O2S2/c1-9-7-16(8-10(2)19-9)12-5-4-11(14)6-13(12)20(17,18)15-3/h4-6,9-10,15H,7-8,14H2,1-3H3. The second-order valence-corrected chi connectivity index (χ2v) is 8.83. The number of rotatable bonds is 3. The third-order valence-corrected chi connectivity index (χ3v) is 5.97. The van der Waals surface area contributed by atoms with Crippen molar-refractivity contribution in [1.82, 2.24) is 4.72 Å². The SMILES string of the molecule is CNS(=O)(=O)c1cc(N)ccc1N1CC(C)SC(C)C1. The van der Waals surface area contributed by atoms with Gasteiger partial charge in [0.1, 0.15) is 4.90 Å². The quantitative estimate of drug-likeness (QED) is 0.827. The van der Waals surface area contributed by atoms with Gasteiger partial charge in [0.15, 0.2) is 0 Å². The van der Waals surface area contributed by atoms with Gasteiger partial charge in [0, 0.05) is 29.3 Å². The van der Waals surface area contributed by atoms with E-state index in [4.69, 9.17) is 5.73 Å². The molecule has 1 aliphatic heterocycles. The fourth-order valence-electron chi connectivity index (χ4n) is 2.49. The first-order valence-corrected chi connectivity index (χ1v) is 8.99. The molecule has 0 radical (unpaired) electrons. The minimum atomic E-state index is -3.51. The van der Waals surface area contributed by atoms with E-state index in [2.05, 4.69) is 23.5 Å². The predicted molar refractivity (Wildman–Crippen MR) is 85.8 cm³/mol. The highest BCUT2D eigenvalue weighted by Gasteiger charge is 2.27.